The van der Waals surface area contributed by atoms with Crippen LogP contribution in [-0.2, 0) is 24.4 Å². The van der Waals surface area contributed by atoms with Crippen LogP contribution in [0.15, 0.2) is 91.5 Å². The summed E-state index contributed by atoms with van der Waals surface area (Å²) in [6, 6.07) is 23.7. The second-order valence-electron chi connectivity index (χ2n) is 8.06. The van der Waals surface area contributed by atoms with Crippen molar-refractivity contribution in [3.63, 3.8) is 0 Å². The van der Waals surface area contributed by atoms with Crippen molar-refractivity contribution < 1.29 is 14.3 Å². The lowest BCUT2D eigenvalue weighted by Gasteiger charge is -2.13. The molecule has 2 N–H and O–H groups in total. The maximum Gasteiger partial charge on any atom is 0.255 e. The number of hydrogen-bond acceptors (Lipinski definition) is 5. The van der Waals surface area contributed by atoms with E-state index in [9.17, 15) is 9.59 Å². The number of aryl methyl sites for hydroxylation is 1. The zero-order valence-corrected chi connectivity index (χ0v) is 19.6. The van der Waals surface area contributed by atoms with Gasteiger partial charge in [-0.3, -0.25) is 9.59 Å². The van der Waals surface area contributed by atoms with Crippen molar-refractivity contribution in [2.24, 2.45) is 0 Å². The van der Waals surface area contributed by atoms with E-state index in [0.717, 1.165) is 11.1 Å². The van der Waals surface area contributed by atoms with Crippen molar-refractivity contribution in [2.45, 2.75) is 26.0 Å². The molecule has 180 valence electrons. The van der Waals surface area contributed by atoms with Gasteiger partial charge in [0.05, 0.1) is 18.8 Å². The number of rotatable bonds is 10. The Labute approximate surface area is 209 Å². The van der Waals surface area contributed by atoms with Crippen LogP contribution in [0.4, 0.5) is 11.4 Å². The summed E-state index contributed by atoms with van der Waals surface area (Å²) in [5.41, 5.74) is 3.35. The minimum absolute atomic E-state index is 0.149. The molecule has 0 aliphatic rings. The Kier molecular flexibility index (Phi) is 8.07. The average molecular weight is 480 g/mol. The van der Waals surface area contributed by atoms with E-state index in [1.54, 1.807) is 43.0 Å². The van der Waals surface area contributed by atoms with Gasteiger partial charge in [-0.05, 0) is 42.0 Å². The molecule has 0 fully saturated rings. The van der Waals surface area contributed by atoms with Crippen LogP contribution in [0.5, 0.6) is 5.75 Å². The third-order valence-electron chi connectivity index (χ3n) is 5.43. The average Bonchev–Trinajstić information content (AvgIpc) is 3.42. The maximum absolute atomic E-state index is 13.0. The number of amides is 2. The number of hydrogen-bond donors (Lipinski definition) is 2. The van der Waals surface area contributed by atoms with E-state index >= 15 is 0 Å². The molecule has 0 atom stereocenters. The van der Waals surface area contributed by atoms with E-state index in [4.69, 9.17) is 10.00 Å². The van der Waals surface area contributed by atoms with Gasteiger partial charge in [0.1, 0.15) is 12.4 Å². The van der Waals surface area contributed by atoms with E-state index in [1.807, 2.05) is 53.1 Å². The summed E-state index contributed by atoms with van der Waals surface area (Å²) < 4.78 is 7.71. The van der Waals surface area contributed by atoms with Gasteiger partial charge in [0.25, 0.3) is 5.91 Å². The number of benzene rings is 3. The highest BCUT2D eigenvalue weighted by atomic mass is 16.5. The fourth-order valence-corrected chi connectivity index (χ4v) is 3.53. The second kappa shape index (κ2) is 12.0. The number of nitriles is 1. The maximum atomic E-state index is 13.0. The van der Waals surface area contributed by atoms with Crippen LogP contribution >= 0.6 is 0 Å². The lowest BCUT2D eigenvalue weighted by Crippen LogP contribution is -2.16. The molecular weight excluding hydrogens is 454 g/mol. The van der Waals surface area contributed by atoms with Crippen molar-refractivity contribution in [1.29, 1.82) is 5.26 Å². The summed E-state index contributed by atoms with van der Waals surface area (Å²) in [6.45, 7) is 0.788. The van der Waals surface area contributed by atoms with Crippen LogP contribution in [0.2, 0.25) is 0 Å². The van der Waals surface area contributed by atoms with Crippen molar-refractivity contribution in [3.05, 3.63) is 108 Å². The molecule has 1 aromatic heterocycles. The first-order valence-electron chi connectivity index (χ1n) is 11.4. The van der Waals surface area contributed by atoms with Gasteiger partial charge in [0, 0.05) is 47.9 Å². The summed E-state index contributed by atoms with van der Waals surface area (Å²) in [7, 11) is 0. The molecule has 4 rings (SSSR count). The van der Waals surface area contributed by atoms with Gasteiger partial charge in [-0.15, -0.1) is 0 Å². The molecule has 0 bridgehead atoms. The number of carbonyl (C=O) groups excluding carboxylic acids is 2. The van der Waals surface area contributed by atoms with Gasteiger partial charge in [0.15, 0.2) is 0 Å². The van der Waals surface area contributed by atoms with E-state index in [1.165, 1.54) is 0 Å². The Morgan fingerprint density at radius 3 is 2.61 bits per heavy atom. The van der Waals surface area contributed by atoms with E-state index < -0.39 is 0 Å². The van der Waals surface area contributed by atoms with Crippen molar-refractivity contribution in [2.75, 3.05) is 10.6 Å². The largest absolute Gasteiger partial charge is 0.489 e. The lowest BCUT2D eigenvalue weighted by atomic mass is 10.1. The lowest BCUT2D eigenvalue weighted by molar-refractivity contribution is -0.116. The molecule has 0 radical (unpaired) electrons. The Morgan fingerprint density at radius 1 is 1.00 bits per heavy atom. The molecule has 0 spiro atoms. The third-order valence-corrected chi connectivity index (χ3v) is 5.43. The summed E-state index contributed by atoms with van der Waals surface area (Å²) in [5.74, 6) is 0.233. The molecule has 0 saturated carbocycles. The number of ether oxygens (including phenoxy) is 1. The first kappa shape index (κ1) is 24.2. The molecular formula is C28H25N5O3. The molecule has 0 saturated heterocycles. The molecule has 4 aromatic rings. The van der Waals surface area contributed by atoms with Gasteiger partial charge in [-0.2, -0.15) is 5.26 Å². The van der Waals surface area contributed by atoms with Crippen LogP contribution in [0.3, 0.4) is 0 Å². The van der Waals surface area contributed by atoms with Crippen molar-refractivity contribution >= 4 is 23.2 Å². The number of nitrogens with zero attached hydrogens (tertiary/aromatic N) is 3. The number of anilines is 2. The van der Waals surface area contributed by atoms with Crippen molar-refractivity contribution in [3.8, 4) is 11.8 Å². The first-order chi connectivity index (χ1) is 17.6. The molecule has 3 aromatic carbocycles. The zero-order chi connectivity index (χ0) is 25.2. The van der Waals surface area contributed by atoms with Gasteiger partial charge in [-0.25, -0.2) is 4.98 Å². The molecule has 8 nitrogen and oxygen atoms in total. The number of imidazole rings is 1. The van der Waals surface area contributed by atoms with Crippen LogP contribution < -0.4 is 15.4 Å². The van der Waals surface area contributed by atoms with Crippen molar-refractivity contribution in [1.82, 2.24) is 9.55 Å². The summed E-state index contributed by atoms with van der Waals surface area (Å²) >= 11 is 0. The zero-order valence-electron chi connectivity index (χ0n) is 19.6. The predicted octanol–water partition coefficient (Wildman–Crippen LogP) is 4.81. The number of nitrogens with one attached hydrogen (secondary N) is 2. The standard InChI is InChI=1S/C28H25N5O3/c29-14-12-21-8-10-25(11-9-21)36-19-23-4-1-2-7-26(23)32-28(35)22-5-3-6-24(18-22)31-27(34)13-16-33-17-15-30-20-33/h1-11,15,17-18,20H,12-13,16,19H2,(H,31,34)(H,32,35). The Morgan fingerprint density at radius 2 is 1.83 bits per heavy atom. The molecule has 1 heterocycles. The molecule has 2 amide bonds. The topological polar surface area (TPSA) is 109 Å². The smallest absolute Gasteiger partial charge is 0.255 e. The first-order valence-corrected chi connectivity index (χ1v) is 11.4. The third kappa shape index (κ3) is 6.81. The van der Waals surface area contributed by atoms with E-state index in [2.05, 4.69) is 21.7 Å². The minimum atomic E-state index is -0.294. The van der Waals surface area contributed by atoms with Gasteiger partial charge in [-0.1, -0.05) is 36.4 Å². The van der Waals surface area contributed by atoms with Crippen LogP contribution in [0, 0.1) is 11.3 Å². The van der Waals surface area contributed by atoms with Crippen LogP contribution in [0.1, 0.15) is 27.9 Å². The molecule has 0 unspecified atom stereocenters. The minimum Gasteiger partial charge on any atom is -0.489 e. The highest BCUT2D eigenvalue weighted by molar-refractivity contribution is 6.05. The highest BCUT2D eigenvalue weighted by Gasteiger charge is 2.11. The molecule has 0 aliphatic carbocycles. The fourth-order valence-electron chi connectivity index (χ4n) is 3.53. The monoisotopic (exact) mass is 479 g/mol. The van der Waals surface area contributed by atoms with Gasteiger partial charge in [0.2, 0.25) is 5.91 Å². The number of para-hydroxylation sites is 1. The summed E-state index contributed by atoms with van der Waals surface area (Å²) in [5, 5.41) is 14.6. The molecule has 8 heteroatoms. The normalized spacial score (nSPS) is 10.3. The van der Waals surface area contributed by atoms with Crippen LogP contribution in [0.25, 0.3) is 0 Å². The molecule has 0 aliphatic heterocycles. The summed E-state index contributed by atoms with van der Waals surface area (Å²) in [4.78, 5) is 29.2. The number of carbonyl (C=O) groups is 2. The molecule has 36 heavy (non-hydrogen) atoms. The van der Waals surface area contributed by atoms with E-state index in [0.29, 0.717) is 42.1 Å². The van der Waals surface area contributed by atoms with Gasteiger partial charge >= 0.3 is 0 Å². The van der Waals surface area contributed by atoms with Crippen LogP contribution in [-0.4, -0.2) is 21.4 Å². The summed E-state index contributed by atoms with van der Waals surface area (Å²) in [6.07, 6.45) is 5.77. The quantitative estimate of drug-likeness (QED) is 0.339. The van der Waals surface area contributed by atoms with E-state index in [-0.39, 0.29) is 18.4 Å². The Balaban J connectivity index is 1.36. The Bertz CT molecular complexity index is 1360. The highest BCUT2D eigenvalue weighted by Crippen LogP contribution is 2.21. The SMILES string of the molecule is N#CCc1ccc(OCc2ccccc2NC(=O)c2cccc(NC(=O)CCn3ccnc3)c2)cc1. The number of aromatic nitrogens is 2. The Hall–Kier alpha value is -4.90. The second-order valence-corrected chi connectivity index (χ2v) is 8.06. The fraction of sp³-hybridized carbons (Fsp3) is 0.143. The van der Waals surface area contributed by atoms with Gasteiger partial charge < -0.3 is 19.9 Å². The predicted molar refractivity (Wildman–Crippen MR) is 136 cm³/mol.